The molecule has 0 fully saturated rings. The van der Waals surface area contributed by atoms with E-state index in [2.05, 4.69) is 25.0 Å². The molecule has 0 spiro atoms. The average Bonchev–Trinajstić information content (AvgIpc) is 3.13. The molecule has 0 unspecified atom stereocenters. The first-order valence-electron chi connectivity index (χ1n) is 18.2. The number of nitrogens with zero attached hydrogens (tertiary/aromatic N) is 1. The quantitative estimate of drug-likeness (QED) is 0.127. The molecule has 3 rings (SSSR count). The van der Waals surface area contributed by atoms with Crippen molar-refractivity contribution in [1.29, 1.82) is 0 Å². The molecule has 0 aliphatic rings. The van der Waals surface area contributed by atoms with Crippen molar-refractivity contribution in [2.24, 2.45) is 10.1 Å². The van der Waals surface area contributed by atoms with Crippen LogP contribution >= 0.6 is 28.3 Å². The second-order valence-corrected chi connectivity index (χ2v) is 18.4. The zero-order valence-corrected chi connectivity index (χ0v) is 39.3. The molecular formula is C41H67BrClN3O8S2. The molecule has 0 amide bonds. The summed E-state index contributed by atoms with van der Waals surface area (Å²) in [5.41, 5.74) is 7.96. The van der Waals surface area contributed by atoms with Gasteiger partial charge >= 0.3 is 0 Å². The van der Waals surface area contributed by atoms with Crippen LogP contribution in [-0.2, 0) is 36.2 Å². The van der Waals surface area contributed by atoms with E-state index in [9.17, 15) is 8.42 Å². The van der Waals surface area contributed by atoms with Crippen LogP contribution in [0.4, 0.5) is 0 Å². The lowest BCUT2D eigenvalue weighted by Gasteiger charge is -2.24. The Balaban J connectivity index is 0. The molecule has 0 radical (unpaired) electrons. The van der Waals surface area contributed by atoms with Crippen molar-refractivity contribution in [2.75, 3.05) is 61.0 Å². The van der Waals surface area contributed by atoms with Crippen LogP contribution in [0.2, 0.25) is 0 Å². The lowest BCUT2D eigenvalue weighted by atomic mass is 10.1. The number of ether oxygens (including phenoxy) is 6. The van der Waals surface area contributed by atoms with Gasteiger partial charge in [0.1, 0.15) is 28.2 Å². The third-order valence-electron chi connectivity index (χ3n) is 6.76. The van der Waals surface area contributed by atoms with E-state index in [-0.39, 0.29) is 34.0 Å². The number of rotatable bonds is 17. The molecule has 0 aliphatic heterocycles. The van der Waals surface area contributed by atoms with Gasteiger partial charge in [0.05, 0.1) is 72.2 Å². The van der Waals surface area contributed by atoms with Crippen molar-refractivity contribution < 1.29 is 36.8 Å². The van der Waals surface area contributed by atoms with Crippen LogP contribution in [0, 0.1) is 0 Å². The normalized spacial score (nSPS) is 13.2. The standard InChI is InChI=1S/C15H25NO3S.C11H17NO2.C8H9BrO.C7H15NO2S.ClH/c1-6-19-13-9-7-12(8-10-13)14(11-18-5)16-20(17)15(2,3)4;1-3-14-10-6-4-9(5-7-10)11(12)8-13-2;1-2-10-8-5-3-7(9)4-6-8;1-7(2,3)11(9)8-5-6-10-4;/h7-10,14,16H,6,11H2,1-5H3;4-7,11H,3,8,12H2,1-2H3;3-6H,2H2,1H3;5H,6H2,1-4H3;1H/t14-,20+;11-;;11-;/m00.1./s1. The number of nitrogens with two attached hydrogens (primary N) is 1. The molecule has 0 saturated heterocycles. The summed E-state index contributed by atoms with van der Waals surface area (Å²) >= 11 is 3.34. The van der Waals surface area contributed by atoms with Crippen molar-refractivity contribution in [3.05, 3.63) is 88.4 Å². The molecule has 3 N–H and O–H groups in total. The first-order chi connectivity index (χ1) is 26.0. The summed E-state index contributed by atoms with van der Waals surface area (Å²) in [6.07, 6.45) is 1.53. The lowest BCUT2D eigenvalue weighted by Crippen LogP contribution is -2.37. The highest BCUT2D eigenvalue weighted by Crippen LogP contribution is 2.21. The van der Waals surface area contributed by atoms with Crippen LogP contribution in [-0.4, -0.2) is 85.1 Å². The zero-order chi connectivity index (χ0) is 41.9. The van der Waals surface area contributed by atoms with Gasteiger partial charge in [-0.25, -0.2) is 13.1 Å². The van der Waals surface area contributed by atoms with Gasteiger partial charge in [0.2, 0.25) is 0 Å². The third kappa shape index (κ3) is 25.8. The van der Waals surface area contributed by atoms with Crippen molar-refractivity contribution in [2.45, 2.75) is 83.9 Å². The number of methoxy groups -OCH3 is 3. The summed E-state index contributed by atoms with van der Waals surface area (Å²) in [6, 6.07) is 23.2. The molecule has 0 heterocycles. The average molecular weight is 909 g/mol. The Bertz CT molecular complexity index is 1490. The predicted molar refractivity (Wildman–Crippen MR) is 240 cm³/mol. The molecular weight excluding hydrogens is 842 g/mol. The summed E-state index contributed by atoms with van der Waals surface area (Å²) in [5, 5.41) is 0. The van der Waals surface area contributed by atoms with Crippen LogP contribution in [0.15, 0.2) is 81.7 Å². The van der Waals surface area contributed by atoms with Gasteiger partial charge in [0.25, 0.3) is 0 Å². The first-order valence-corrected chi connectivity index (χ1v) is 21.2. The molecule has 56 heavy (non-hydrogen) atoms. The van der Waals surface area contributed by atoms with E-state index >= 15 is 0 Å². The van der Waals surface area contributed by atoms with Gasteiger partial charge in [-0.2, -0.15) is 4.40 Å². The Hall–Kier alpha value is -2.40. The van der Waals surface area contributed by atoms with Gasteiger partial charge in [0, 0.05) is 32.0 Å². The van der Waals surface area contributed by atoms with E-state index in [1.54, 1.807) is 21.3 Å². The van der Waals surface area contributed by atoms with Crippen molar-refractivity contribution in [3.8, 4) is 17.2 Å². The maximum absolute atomic E-state index is 12.2. The molecule has 4 atom stereocenters. The van der Waals surface area contributed by atoms with Gasteiger partial charge in [0.15, 0.2) is 0 Å². The monoisotopic (exact) mass is 907 g/mol. The van der Waals surface area contributed by atoms with E-state index in [1.807, 2.05) is 135 Å². The Morgan fingerprint density at radius 2 is 1.09 bits per heavy atom. The summed E-state index contributed by atoms with van der Waals surface area (Å²) in [5.74, 6) is 2.64. The van der Waals surface area contributed by atoms with E-state index in [4.69, 9.17) is 34.2 Å². The van der Waals surface area contributed by atoms with Crippen molar-refractivity contribution in [1.82, 2.24) is 4.72 Å². The summed E-state index contributed by atoms with van der Waals surface area (Å²) in [7, 11) is 2.58. The number of halogens is 2. The number of hydrogen-bond donors (Lipinski definition) is 2. The first kappa shape index (κ1) is 55.7. The fourth-order valence-electron chi connectivity index (χ4n) is 3.92. The Morgan fingerprint density at radius 1 is 0.679 bits per heavy atom. The Morgan fingerprint density at radius 3 is 1.45 bits per heavy atom. The molecule has 0 aromatic heterocycles. The van der Waals surface area contributed by atoms with Crippen LogP contribution < -0.4 is 24.7 Å². The van der Waals surface area contributed by atoms with Gasteiger partial charge in [-0.15, -0.1) is 12.4 Å². The van der Waals surface area contributed by atoms with Crippen LogP contribution in [0.25, 0.3) is 0 Å². The second-order valence-electron chi connectivity index (χ2n) is 13.6. The van der Waals surface area contributed by atoms with Crippen molar-refractivity contribution >= 4 is 56.5 Å². The van der Waals surface area contributed by atoms with Gasteiger partial charge < -0.3 is 34.2 Å². The predicted octanol–water partition coefficient (Wildman–Crippen LogP) is 8.99. The van der Waals surface area contributed by atoms with E-state index in [0.717, 1.165) is 39.5 Å². The molecule has 320 valence electrons. The van der Waals surface area contributed by atoms with E-state index in [0.29, 0.717) is 33.0 Å². The third-order valence-corrected chi connectivity index (χ3v) is 10.3. The molecule has 11 nitrogen and oxygen atoms in total. The maximum atomic E-state index is 12.2. The SMILES string of the molecule is CCOc1ccc(Br)cc1.CCOc1ccc([C@@H](N)COC)cc1.CCOc1ccc([C@H](COC)N[S@](=O)C(C)(C)C)cc1.COCC=N[S@](=O)C(C)(C)C.Cl. The lowest BCUT2D eigenvalue weighted by molar-refractivity contribution is 0.176. The highest BCUT2D eigenvalue weighted by atomic mass is 79.9. The minimum absolute atomic E-state index is 0. The van der Waals surface area contributed by atoms with Crippen LogP contribution in [0.5, 0.6) is 17.2 Å². The highest BCUT2D eigenvalue weighted by molar-refractivity contribution is 9.10. The number of hydrogen-bond acceptors (Lipinski definition) is 9. The summed E-state index contributed by atoms with van der Waals surface area (Å²) < 4.78 is 61.8. The van der Waals surface area contributed by atoms with Gasteiger partial charge in [-0.05, 0) is 122 Å². The molecule has 15 heteroatoms. The maximum Gasteiger partial charge on any atom is 0.144 e. The summed E-state index contributed by atoms with van der Waals surface area (Å²) in [6.45, 7) is 20.8. The molecule has 0 bridgehead atoms. The Labute approximate surface area is 356 Å². The zero-order valence-electron chi connectivity index (χ0n) is 35.3. The number of nitrogens with one attached hydrogen (secondary N) is 1. The van der Waals surface area contributed by atoms with E-state index < -0.39 is 22.0 Å². The van der Waals surface area contributed by atoms with Crippen LogP contribution in [0.1, 0.15) is 85.5 Å². The molecule has 0 aliphatic carbocycles. The topological polar surface area (TPSA) is 140 Å². The van der Waals surface area contributed by atoms with Crippen molar-refractivity contribution in [3.63, 3.8) is 0 Å². The van der Waals surface area contributed by atoms with Gasteiger partial charge in [-0.3, -0.25) is 0 Å². The second kappa shape index (κ2) is 31.6. The van der Waals surface area contributed by atoms with E-state index in [1.165, 1.54) is 6.21 Å². The smallest absolute Gasteiger partial charge is 0.144 e. The number of benzene rings is 3. The Kier molecular flexibility index (Phi) is 31.4. The minimum atomic E-state index is -1.15. The summed E-state index contributed by atoms with van der Waals surface area (Å²) in [4.78, 5) is 0. The van der Waals surface area contributed by atoms with Crippen LogP contribution in [0.3, 0.4) is 0 Å². The fourth-order valence-corrected chi connectivity index (χ4v) is 5.51. The minimum Gasteiger partial charge on any atom is -0.494 e. The molecule has 0 saturated carbocycles. The highest BCUT2D eigenvalue weighted by Gasteiger charge is 2.23. The molecule has 3 aromatic rings. The molecule has 3 aromatic carbocycles. The largest absolute Gasteiger partial charge is 0.494 e. The van der Waals surface area contributed by atoms with Gasteiger partial charge in [-0.1, -0.05) is 40.2 Å². The fraction of sp³-hybridized carbons (Fsp3) is 0.537.